The van der Waals surface area contributed by atoms with Gasteiger partial charge in [-0.3, -0.25) is 9.78 Å². The van der Waals surface area contributed by atoms with Crippen LogP contribution >= 0.6 is 11.8 Å². The van der Waals surface area contributed by atoms with E-state index in [9.17, 15) is 20.1 Å². The standard InChI is InChI=1S/C10H13N5O5S/c1-21-10-11-7-4(8(19)12-10)13-14-15(7)9-6(18)5(17)3(16)2-20-9/h3,5-6,9,16-18H,2H2,1H3,(H,11,12,19)/t3-,5-,6+,9+/m1/s1. The largest absolute Gasteiger partial charge is 0.388 e. The highest BCUT2D eigenvalue weighted by atomic mass is 32.2. The summed E-state index contributed by atoms with van der Waals surface area (Å²) in [5, 5.41) is 37.0. The summed E-state index contributed by atoms with van der Waals surface area (Å²) in [6, 6.07) is 0. The predicted octanol–water partition coefficient (Wildman–Crippen LogP) is -2.15. The van der Waals surface area contributed by atoms with Crippen molar-refractivity contribution in [3.63, 3.8) is 0 Å². The number of aromatic nitrogens is 5. The molecule has 114 valence electrons. The van der Waals surface area contributed by atoms with Gasteiger partial charge in [-0.2, -0.15) is 4.68 Å². The normalized spacial score (nSPS) is 29.9. The molecule has 4 N–H and O–H groups in total. The average Bonchev–Trinajstić information content (AvgIpc) is 2.89. The lowest BCUT2D eigenvalue weighted by molar-refractivity contribution is -0.213. The van der Waals surface area contributed by atoms with Crippen LogP contribution in [0.15, 0.2) is 9.95 Å². The van der Waals surface area contributed by atoms with E-state index in [1.165, 1.54) is 11.8 Å². The van der Waals surface area contributed by atoms with Crippen LogP contribution in [0.25, 0.3) is 11.2 Å². The molecule has 1 aliphatic rings. The second-order valence-electron chi connectivity index (χ2n) is 4.55. The summed E-state index contributed by atoms with van der Waals surface area (Å²) in [7, 11) is 0. The van der Waals surface area contributed by atoms with Gasteiger partial charge in [-0.15, -0.1) is 5.10 Å². The van der Waals surface area contributed by atoms with E-state index in [2.05, 4.69) is 20.3 Å². The fraction of sp³-hybridized carbons (Fsp3) is 0.600. The fourth-order valence-corrected chi connectivity index (χ4v) is 2.47. The maximum Gasteiger partial charge on any atom is 0.281 e. The minimum absolute atomic E-state index is 0.00390. The lowest BCUT2D eigenvalue weighted by Crippen LogP contribution is -2.50. The van der Waals surface area contributed by atoms with Crippen molar-refractivity contribution in [3.05, 3.63) is 10.4 Å². The molecule has 21 heavy (non-hydrogen) atoms. The SMILES string of the molecule is CSc1nc2c(nnn2[C@H]2OC[C@@H](O)[C@@H](O)[C@@H]2O)c(=O)[nH]1. The number of fused-ring (bicyclic) bond motifs is 1. The maximum atomic E-state index is 11.8. The molecule has 4 atom stereocenters. The number of thioether (sulfide) groups is 1. The lowest BCUT2D eigenvalue weighted by Gasteiger charge is -2.34. The monoisotopic (exact) mass is 315 g/mol. The van der Waals surface area contributed by atoms with Gasteiger partial charge in [-0.25, -0.2) is 4.98 Å². The lowest BCUT2D eigenvalue weighted by atomic mass is 10.0. The molecule has 3 heterocycles. The molecule has 0 bridgehead atoms. The summed E-state index contributed by atoms with van der Waals surface area (Å²) in [6.45, 7) is -0.178. The molecular formula is C10H13N5O5S. The Morgan fingerprint density at radius 3 is 2.86 bits per heavy atom. The Hall–Kier alpha value is -1.53. The highest BCUT2D eigenvalue weighted by Gasteiger charge is 2.40. The highest BCUT2D eigenvalue weighted by molar-refractivity contribution is 7.98. The van der Waals surface area contributed by atoms with Gasteiger partial charge in [-0.1, -0.05) is 17.0 Å². The molecular weight excluding hydrogens is 302 g/mol. The molecule has 0 radical (unpaired) electrons. The first-order valence-electron chi connectivity index (χ1n) is 6.08. The molecule has 10 nitrogen and oxygen atoms in total. The van der Waals surface area contributed by atoms with E-state index in [4.69, 9.17) is 4.74 Å². The topological polar surface area (TPSA) is 146 Å². The zero-order valence-corrected chi connectivity index (χ0v) is 11.7. The van der Waals surface area contributed by atoms with Crippen molar-refractivity contribution < 1.29 is 20.1 Å². The van der Waals surface area contributed by atoms with Gasteiger partial charge < -0.3 is 20.1 Å². The maximum absolute atomic E-state index is 11.8. The Morgan fingerprint density at radius 1 is 1.38 bits per heavy atom. The Bertz CT molecular complexity index is 717. The summed E-state index contributed by atoms with van der Waals surface area (Å²) < 4.78 is 6.41. The molecule has 3 rings (SSSR count). The van der Waals surface area contributed by atoms with E-state index in [1.807, 2.05) is 0 Å². The quantitative estimate of drug-likeness (QED) is 0.359. The summed E-state index contributed by atoms with van der Waals surface area (Å²) in [5.41, 5.74) is -0.318. The Morgan fingerprint density at radius 2 is 2.14 bits per heavy atom. The van der Waals surface area contributed by atoms with Crippen LogP contribution in [0.2, 0.25) is 0 Å². The number of hydrogen-bond acceptors (Lipinski definition) is 9. The molecule has 2 aromatic heterocycles. The van der Waals surface area contributed by atoms with Crippen LogP contribution < -0.4 is 5.56 Å². The zero-order valence-electron chi connectivity index (χ0n) is 10.9. The number of H-pyrrole nitrogens is 1. The first-order chi connectivity index (χ1) is 10.0. The van der Waals surface area contributed by atoms with Gasteiger partial charge in [0, 0.05) is 0 Å². The fourth-order valence-electron chi connectivity index (χ4n) is 2.09. The molecule has 0 amide bonds. The third-order valence-corrected chi connectivity index (χ3v) is 3.80. The minimum Gasteiger partial charge on any atom is -0.388 e. The molecule has 1 saturated heterocycles. The number of nitrogens with zero attached hydrogens (tertiary/aromatic N) is 4. The molecule has 0 aromatic carbocycles. The number of aliphatic hydroxyl groups is 3. The number of aliphatic hydroxyl groups excluding tert-OH is 3. The van der Waals surface area contributed by atoms with Crippen molar-refractivity contribution >= 4 is 22.9 Å². The number of hydrogen-bond donors (Lipinski definition) is 4. The molecule has 1 aliphatic heterocycles. The summed E-state index contributed by atoms with van der Waals surface area (Å²) >= 11 is 1.23. The smallest absolute Gasteiger partial charge is 0.281 e. The van der Waals surface area contributed by atoms with E-state index in [0.29, 0.717) is 5.16 Å². The molecule has 0 spiro atoms. The second-order valence-corrected chi connectivity index (χ2v) is 5.35. The molecule has 0 aliphatic carbocycles. The molecule has 2 aromatic rings. The van der Waals surface area contributed by atoms with Crippen LogP contribution in [0.4, 0.5) is 0 Å². The zero-order chi connectivity index (χ0) is 15.1. The third kappa shape index (κ3) is 2.32. The van der Waals surface area contributed by atoms with Crippen LogP contribution in [0.3, 0.4) is 0 Å². The van der Waals surface area contributed by atoms with Gasteiger partial charge in [-0.05, 0) is 6.26 Å². The van der Waals surface area contributed by atoms with E-state index >= 15 is 0 Å². The number of aromatic amines is 1. The van der Waals surface area contributed by atoms with Gasteiger partial charge in [0.2, 0.25) is 0 Å². The van der Waals surface area contributed by atoms with Gasteiger partial charge in [0.25, 0.3) is 5.56 Å². The van der Waals surface area contributed by atoms with Crippen LogP contribution in [-0.4, -0.2) is 71.5 Å². The molecule has 0 unspecified atom stereocenters. The van der Waals surface area contributed by atoms with Crippen molar-refractivity contribution in [1.29, 1.82) is 0 Å². The van der Waals surface area contributed by atoms with Gasteiger partial charge in [0.1, 0.15) is 18.3 Å². The summed E-state index contributed by atoms with van der Waals surface area (Å²) in [5.74, 6) is 0. The highest BCUT2D eigenvalue weighted by Crippen LogP contribution is 2.25. The number of ether oxygens (including phenoxy) is 1. The van der Waals surface area contributed by atoms with Gasteiger partial charge in [0.15, 0.2) is 22.5 Å². The molecule has 0 saturated carbocycles. The minimum atomic E-state index is -1.42. The van der Waals surface area contributed by atoms with Crippen LogP contribution in [-0.2, 0) is 4.74 Å². The predicted molar refractivity (Wildman–Crippen MR) is 70.7 cm³/mol. The van der Waals surface area contributed by atoms with E-state index < -0.39 is 30.1 Å². The van der Waals surface area contributed by atoms with E-state index in [1.54, 1.807) is 6.26 Å². The van der Waals surface area contributed by atoms with E-state index in [-0.39, 0.29) is 17.8 Å². The first kappa shape index (κ1) is 14.4. The van der Waals surface area contributed by atoms with Crippen molar-refractivity contribution in [3.8, 4) is 0 Å². The van der Waals surface area contributed by atoms with Gasteiger partial charge in [0.05, 0.1) is 6.61 Å². The molecule has 11 heteroatoms. The number of nitrogens with one attached hydrogen (secondary N) is 1. The first-order valence-corrected chi connectivity index (χ1v) is 7.30. The third-order valence-electron chi connectivity index (χ3n) is 3.22. The Labute approximate surface area is 121 Å². The van der Waals surface area contributed by atoms with Crippen molar-refractivity contribution in [1.82, 2.24) is 25.0 Å². The van der Waals surface area contributed by atoms with Crippen molar-refractivity contribution in [2.24, 2.45) is 0 Å². The van der Waals surface area contributed by atoms with Crippen molar-refractivity contribution in [2.45, 2.75) is 29.7 Å². The van der Waals surface area contributed by atoms with Crippen LogP contribution in [0.5, 0.6) is 0 Å². The van der Waals surface area contributed by atoms with Crippen LogP contribution in [0.1, 0.15) is 6.23 Å². The molecule has 1 fully saturated rings. The Kier molecular flexibility index (Phi) is 3.67. The van der Waals surface area contributed by atoms with E-state index in [0.717, 1.165) is 4.68 Å². The second kappa shape index (κ2) is 5.35. The number of rotatable bonds is 2. The average molecular weight is 315 g/mol. The summed E-state index contributed by atoms with van der Waals surface area (Å²) in [6.07, 6.45) is -3.34. The summed E-state index contributed by atoms with van der Waals surface area (Å²) in [4.78, 5) is 18.5. The Balaban J connectivity index is 2.08. The van der Waals surface area contributed by atoms with Crippen molar-refractivity contribution in [2.75, 3.05) is 12.9 Å². The van der Waals surface area contributed by atoms with Crippen LogP contribution in [0, 0.1) is 0 Å². The van der Waals surface area contributed by atoms with Gasteiger partial charge >= 0.3 is 0 Å².